The van der Waals surface area contributed by atoms with Gasteiger partial charge < -0.3 is 10.2 Å². The predicted molar refractivity (Wildman–Crippen MR) is 88.1 cm³/mol. The molecule has 0 amide bonds. The first-order chi connectivity index (χ1) is 10.6. The van der Waals surface area contributed by atoms with Gasteiger partial charge in [-0.2, -0.15) is 5.01 Å². The number of nitrogens with zero attached hydrogens (tertiary/aromatic N) is 1. The molecule has 0 aromatic heterocycles. The molecule has 0 radical (unpaired) electrons. The van der Waals surface area contributed by atoms with Gasteiger partial charge in [0.05, 0.1) is 5.70 Å². The molecular weight excluding hydrogens is 296 g/mol. The molecule has 4 heteroatoms. The summed E-state index contributed by atoms with van der Waals surface area (Å²) in [6.07, 6.45) is 2.14. The molecule has 2 aliphatic rings. The minimum atomic E-state index is -0.403. The first-order valence-electron chi connectivity index (χ1n) is 7.37. The molecule has 1 aliphatic carbocycles. The van der Waals surface area contributed by atoms with Gasteiger partial charge in [-0.3, -0.25) is 0 Å². The molecule has 0 saturated carbocycles. The van der Waals surface area contributed by atoms with Gasteiger partial charge >= 0.3 is 0 Å². The van der Waals surface area contributed by atoms with Crippen molar-refractivity contribution in [3.8, 4) is 0 Å². The van der Waals surface area contributed by atoms with Crippen molar-refractivity contribution in [2.45, 2.75) is 19.1 Å². The summed E-state index contributed by atoms with van der Waals surface area (Å²) in [6.45, 7) is 3.42. The van der Waals surface area contributed by atoms with E-state index in [0.717, 1.165) is 27.7 Å². The highest BCUT2D eigenvalue weighted by Crippen LogP contribution is 2.28. The maximum Gasteiger partial charge on any atom is 0.127 e. The van der Waals surface area contributed by atoms with Gasteiger partial charge in [-0.25, -0.2) is 0 Å². The molecule has 2 aromatic rings. The standard InChI is InChI=1S/C18H17ClN2O/c1-18-10-14-9-15(19)7-8-16(14)17(18)20-21(12-22-18)11-13-5-3-2-4-6-13/h2-10,20H,11-12H2,1H3. The molecule has 2 aromatic carbocycles. The summed E-state index contributed by atoms with van der Waals surface area (Å²) in [5.74, 6) is 0. The second-order valence-corrected chi connectivity index (χ2v) is 6.36. The third kappa shape index (κ3) is 2.31. The van der Waals surface area contributed by atoms with Crippen LogP contribution in [0.4, 0.5) is 0 Å². The number of ether oxygens (including phenoxy) is 1. The first kappa shape index (κ1) is 13.8. The molecular formula is C18H17ClN2O. The van der Waals surface area contributed by atoms with Gasteiger partial charge in [0, 0.05) is 16.8 Å². The molecule has 0 bridgehead atoms. The maximum absolute atomic E-state index is 6.12. The van der Waals surface area contributed by atoms with E-state index in [-0.39, 0.29) is 0 Å². The van der Waals surface area contributed by atoms with E-state index in [4.69, 9.17) is 16.3 Å². The normalized spacial score (nSPS) is 23.5. The Kier molecular flexibility index (Phi) is 3.22. The fourth-order valence-electron chi connectivity index (χ4n) is 3.09. The molecule has 1 fully saturated rings. The van der Waals surface area contributed by atoms with Crippen molar-refractivity contribution in [2.24, 2.45) is 0 Å². The average Bonchev–Trinajstić information content (AvgIpc) is 2.79. The lowest BCUT2D eigenvalue weighted by molar-refractivity contribution is -0.0723. The number of fused-ring (bicyclic) bond motifs is 2. The zero-order chi connectivity index (χ0) is 15.2. The van der Waals surface area contributed by atoms with Crippen LogP contribution in [0, 0.1) is 0 Å². The van der Waals surface area contributed by atoms with Gasteiger partial charge in [-0.15, -0.1) is 0 Å². The topological polar surface area (TPSA) is 24.5 Å². The lowest BCUT2D eigenvalue weighted by Gasteiger charge is -2.39. The number of halogens is 1. The predicted octanol–water partition coefficient (Wildman–Crippen LogP) is 2.00. The summed E-state index contributed by atoms with van der Waals surface area (Å²) >= 11 is 6.10. The first-order valence-corrected chi connectivity index (χ1v) is 7.75. The van der Waals surface area contributed by atoms with E-state index < -0.39 is 5.60 Å². The fourth-order valence-corrected chi connectivity index (χ4v) is 3.27. The van der Waals surface area contributed by atoms with Gasteiger partial charge in [-0.1, -0.05) is 48.0 Å². The number of rotatable bonds is 2. The lowest BCUT2D eigenvalue weighted by Crippen LogP contribution is -2.52. The minimum Gasteiger partial charge on any atom is -0.348 e. The van der Waals surface area contributed by atoms with Crippen LogP contribution < -0.4 is 15.9 Å². The van der Waals surface area contributed by atoms with Gasteiger partial charge in [0.1, 0.15) is 12.3 Å². The van der Waals surface area contributed by atoms with E-state index in [2.05, 4.69) is 53.8 Å². The third-order valence-electron chi connectivity index (χ3n) is 4.22. The van der Waals surface area contributed by atoms with Crippen LogP contribution in [0.5, 0.6) is 0 Å². The monoisotopic (exact) mass is 312 g/mol. The summed E-state index contributed by atoms with van der Waals surface area (Å²) in [5.41, 5.74) is 5.46. The van der Waals surface area contributed by atoms with Crippen LogP contribution in [0.2, 0.25) is 5.02 Å². The Hall–Kier alpha value is -1.81. The summed E-state index contributed by atoms with van der Waals surface area (Å²) in [7, 11) is 0. The quantitative estimate of drug-likeness (QED) is 0.918. The molecule has 0 spiro atoms. The molecule has 112 valence electrons. The van der Waals surface area contributed by atoms with Crippen molar-refractivity contribution in [3.63, 3.8) is 0 Å². The zero-order valence-corrected chi connectivity index (χ0v) is 13.1. The molecule has 1 saturated heterocycles. The van der Waals surface area contributed by atoms with Crippen LogP contribution >= 0.6 is 11.6 Å². The Morgan fingerprint density at radius 1 is 1.23 bits per heavy atom. The van der Waals surface area contributed by atoms with Gasteiger partial charge in [0.15, 0.2) is 0 Å². The Morgan fingerprint density at radius 2 is 2.05 bits per heavy atom. The molecule has 4 rings (SSSR count). The highest BCUT2D eigenvalue weighted by atomic mass is 35.5. The van der Waals surface area contributed by atoms with E-state index in [0.29, 0.717) is 6.73 Å². The summed E-state index contributed by atoms with van der Waals surface area (Å²) in [4.78, 5) is 0. The van der Waals surface area contributed by atoms with E-state index in [1.165, 1.54) is 5.56 Å². The largest absolute Gasteiger partial charge is 0.348 e. The van der Waals surface area contributed by atoms with Crippen LogP contribution in [0.1, 0.15) is 12.5 Å². The van der Waals surface area contributed by atoms with E-state index >= 15 is 0 Å². The number of nitrogens with one attached hydrogen (secondary N) is 1. The van der Waals surface area contributed by atoms with Crippen molar-refractivity contribution < 1.29 is 4.74 Å². The highest BCUT2D eigenvalue weighted by Gasteiger charge is 2.37. The lowest BCUT2D eigenvalue weighted by atomic mass is 10.0. The molecule has 1 unspecified atom stereocenters. The highest BCUT2D eigenvalue weighted by molar-refractivity contribution is 6.30. The van der Waals surface area contributed by atoms with Gasteiger partial charge in [-0.05, 0) is 35.9 Å². The van der Waals surface area contributed by atoms with E-state index in [1.54, 1.807) is 0 Å². The molecule has 3 nitrogen and oxygen atoms in total. The van der Waals surface area contributed by atoms with Crippen LogP contribution in [-0.4, -0.2) is 17.3 Å². The summed E-state index contributed by atoms with van der Waals surface area (Å²) in [6, 6.07) is 16.3. The van der Waals surface area contributed by atoms with Crippen molar-refractivity contribution in [2.75, 3.05) is 6.73 Å². The van der Waals surface area contributed by atoms with Crippen LogP contribution in [0.15, 0.2) is 48.5 Å². The SMILES string of the molecule is CC12C=c3cc(Cl)ccc3=C1NN(Cc1ccccc1)CO2. The summed E-state index contributed by atoms with van der Waals surface area (Å²) in [5, 5.41) is 5.12. The molecule has 1 atom stereocenters. The average molecular weight is 313 g/mol. The Balaban J connectivity index is 1.68. The minimum absolute atomic E-state index is 0.403. The maximum atomic E-state index is 6.12. The van der Waals surface area contributed by atoms with Crippen molar-refractivity contribution in [1.82, 2.24) is 10.4 Å². The van der Waals surface area contributed by atoms with Gasteiger partial charge in [0.2, 0.25) is 0 Å². The van der Waals surface area contributed by atoms with Crippen molar-refractivity contribution in [3.05, 3.63) is 69.6 Å². The van der Waals surface area contributed by atoms with E-state index in [1.807, 2.05) is 18.2 Å². The molecule has 1 aliphatic heterocycles. The molecule has 1 heterocycles. The smallest absolute Gasteiger partial charge is 0.127 e. The van der Waals surface area contributed by atoms with Crippen LogP contribution in [0.3, 0.4) is 0 Å². The van der Waals surface area contributed by atoms with Crippen LogP contribution in [0.25, 0.3) is 11.8 Å². The Labute approximate surface area is 134 Å². The van der Waals surface area contributed by atoms with E-state index in [9.17, 15) is 0 Å². The Bertz CT molecular complexity index is 834. The molecule has 1 N–H and O–H groups in total. The number of benzene rings is 2. The fraction of sp³-hybridized carbons (Fsp3) is 0.222. The van der Waals surface area contributed by atoms with Gasteiger partial charge in [0.25, 0.3) is 0 Å². The number of hydrogen-bond donors (Lipinski definition) is 1. The second-order valence-electron chi connectivity index (χ2n) is 5.93. The third-order valence-corrected chi connectivity index (χ3v) is 4.45. The van der Waals surface area contributed by atoms with Crippen molar-refractivity contribution >= 4 is 23.4 Å². The Morgan fingerprint density at radius 3 is 2.86 bits per heavy atom. The molecule has 22 heavy (non-hydrogen) atoms. The number of hydrazine groups is 1. The van der Waals surface area contributed by atoms with Crippen molar-refractivity contribution in [1.29, 1.82) is 0 Å². The van der Waals surface area contributed by atoms with Crippen LogP contribution in [-0.2, 0) is 11.3 Å². The second kappa shape index (κ2) is 5.13. The zero-order valence-electron chi connectivity index (χ0n) is 12.3. The number of hydrogen-bond acceptors (Lipinski definition) is 3. The summed E-state index contributed by atoms with van der Waals surface area (Å²) < 4.78 is 6.12.